The smallest absolute Gasteiger partial charge is 0.159 e. The number of hydrogen-bond acceptors (Lipinski definition) is 2. The van der Waals surface area contributed by atoms with Crippen molar-refractivity contribution >= 4 is 0 Å². The monoisotopic (exact) mass is 128 g/mol. The molecule has 0 aliphatic carbocycles. The van der Waals surface area contributed by atoms with Crippen molar-refractivity contribution in [3.8, 4) is 0 Å². The number of nitrogens with zero attached hydrogens (tertiary/aromatic N) is 2. The number of rotatable bonds is 0. The van der Waals surface area contributed by atoms with E-state index in [2.05, 4.69) is 9.97 Å². The molecule has 0 bridgehead atoms. The van der Waals surface area contributed by atoms with Crippen LogP contribution in [0.3, 0.4) is 0 Å². The van der Waals surface area contributed by atoms with Crippen molar-refractivity contribution in [3.05, 3.63) is 24.0 Å². The molecule has 0 atom stereocenters. The van der Waals surface area contributed by atoms with Gasteiger partial charge in [-0.1, -0.05) is 7.43 Å². The summed E-state index contributed by atoms with van der Waals surface area (Å²) in [7, 11) is 0. The maximum atomic E-state index is 12.0. The predicted molar refractivity (Wildman–Crippen MR) is 33.5 cm³/mol. The molecular formula is C6H9FN2. The van der Waals surface area contributed by atoms with E-state index in [1.165, 1.54) is 0 Å². The fourth-order valence-electron chi connectivity index (χ4n) is 0.377. The van der Waals surface area contributed by atoms with E-state index in [0.717, 1.165) is 12.4 Å². The summed E-state index contributed by atoms with van der Waals surface area (Å²) >= 11 is 0. The zero-order valence-corrected chi connectivity index (χ0v) is 4.43. The molecule has 0 aliphatic rings. The van der Waals surface area contributed by atoms with E-state index in [1.807, 2.05) is 0 Å². The number of aryl methyl sites for hydroxylation is 1. The molecule has 0 radical (unpaired) electrons. The van der Waals surface area contributed by atoms with Gasteiger partial charge in [0, 0.05) is 0 Å². The first-order valence-corrected chi connectivity index (χ1v) is 2.23. The van der Waals surface area contributed by atoms with Crippen LogP contribution in [0.15, 0.2) is 12.4 Å². The summed E-state index contributed by atoms with van der Waals surface area (Å²) < 4.78 is 12.0. The lowest BCUT2D eigenvalue weighted by Gasteiger charge is -1.85. The van der Waals surface area contributed by atoms with Crippen molar-refractivity contribution in [1.82, 2.24) is 9.97 Å². The van der Waals surface area contributed by atoms with Gasteiger partial charge in [0.2, 0.25) is 0 Å². The Labute approximate surface area is 53.8 Å². The molecule has 0 aliphatic heterocycles. The van der Waals surface area contributed by atoms with Crippen LogP contribution in [0.2, 0.25) is 0 Å². The van der Waals surface area contributed by atoms with Crippen molar-refractivity contribution in [1.29, 1.82) is 0 Å². The van der Waals surface area contributed by atoms with Crippen molar-refractivity contribution in [3.63, 3.8) is 0 Å². The molecule has 0 fully saturated rings. The SMILES string of the molecule is C.Cc1ncc(F)cn1. The summed E-state index contributed by atoms with van der Waals surface area (Å²) in [5, 5.41) is 0. The van der Waals surface area contributed by atoms with Gasteiger partial charge in [-0.25, -0.2) is 14.4 Å². The molecule has 1 aromatic rings. The van der Waals surface area contributed by atoms with Gasteiger partial charge in [-0.2, -0.15) is 0 Å². The Balaban J connectivity index is 0.000000640. The Morgan fingerprint density at radius 1 is 1.33 bits per heavy atom. The Morgan fingerprint density at radius 2 is 1.78 bits per heavy atom. The number of hydrogen-bond donors (Lipinski definition) is 0. The molecule has 0 aromatic carbocycles. The number of halogens is 1. The van der Waals surface area contributed by atoms with Crippen LogP contribution in [0, 0.1) is 12.7 Å². The van der Waals surface area contributed by atoms with E-state index in [0.29, 0.717) is 5.82 Å². The summed E-state index contributed by atoms with van der Waals surface area (Å²) in [5.74, 6) is 0.196. The molecule has 0 amide bonds. The minimum absolute atomic E-state index is 0. The highest BCUT2D eigenvalue weighted by molar-refractivity contribution is 4.87. The molecule has 1 aromatic heterocycles. The second-order valence-corrected chi connectivity index (χ2v) is 1.45. The summed E-state index contributed by atoms with van der Waals surface area (Å²) in [5.41, 5.74) is 0. The Bertz CT molecular complexity index is 150. The Kier molecular flexibility index (Phi) is 2.78. The van der Waals surface area contributed by atoms with Gasteiger partial charge < -0.3 is 0 Å². The highest BCUT2D eigenvalue weighted by Crippen LogP contribution is 1.89. The highest BCUT2D eigenvalue weighted by atomic mass is 19.1. The molecule has 2 nitrogen and oxygen atoms in total. The standard InChI is InChI=1S/C5H5FN2.CH4/c1-4-7-2-5(6)3-8-4;/h2-3H,1H3;1H4. The molecule has 1 rings (SSSR count). The fourth-order valence-corrected chi connectivity index (χ4v) is 0.377. The minimum atomic E-state index is -0.393. The summed E-state index contributed by atoms with van der Waals surface area (Å²) in [4.78, 5) is 7.19. The molecule has 3 heteroatoms. The van der Waals surface area contributed by atoms with Crippen LogP contribution in [-0.2, 0) is 0 Å². The predicted octanol–water partition coefficient (Wildman–Crippen LogP) is 1.56. The maximum absolute atomic E-state index is 12.0. The second kappa shape index (κ2) is 3.12. The topological polar surface area (TPSA) is 25.8 Å². The third kappa shape index (κ3) is 2.17. The zero-order valence-electron chi connectivity index (χ0n) is 4.43. The Morgan fingerprint density at radius 3 is 2.11 bits per heavy atom. The van der Waals surface area contributed by atoms with Crippen molar-refractivity contribution in [2.75, 3.05) is 0 Å². The van der Waals surface area contributed by atoms with Gasteiger partial charge in [0.05, 0.1) is 12.4 Å². The molecular weight excluding hydrogens is 119 g/mol. The quantitative estimate of drug-likeness (QED) is 0.530. The summed E-state index contributed by atoms with van der Waals surface area (Å²) in [6.07, 6.45) is 2.28. The van der Waals surface area contributed by atoms with Gasteiger partial charge in [-0.3, -0.25) is 0 Å². The van der Waals surface area contributed by atoms with Crippen LogP contribution >= 0.6 is 0 Å². The first-order valence-electron chi connectivity index (χ1n) is 2.23. The van der Waals surface area contributed by atoms with Crippen LogP contribution in [0.4, 0.5) is 4.39 Å². The van der Waals surface area contributed by atoms with Crippen molar-refractivity contribution < 1.29 is 4.39 Å². The van der Waals surface area contributed by atoms with Crippen LogP contribution in [0.5, 0.6) is 0 Å². The maximum Gasteiger partial charge on any atom is 0.159 e. The van der Waals surface area contributed by atoms with Crippen molar-refractivity contribution in [2.24, 2.45) is 0 Å². The second-order valence-electron chi connectivity index (χ2n) is 1.45. The highest BCUT2D eigenvalue weighted by Gasteiger charge is 1.86. The molecule has 0 saturated carbocycles. The van der Waals surface area contributed by atoms with Crippen LogP contribution in [0.1, 0.15) is 13.3 Å². The van der Waals surface area contributed by atoms with E-state index in [9.17, 15) is 4.39 Å². The zero-order chi connectivity index (χ0) is 5.98. The normalized spacial score (nSPS) is 8.22. The van der Waals surface area contributed by atoms with Gasteiger partial charge in [-0.05, 0) is 6.92 Å². The largest absolute Gasteiger partial charge is 0.239 e. The van der Waals surface area contributed by atoms with Gasteiger partial charge in [0.1, 0.15) is 5.82 Å². The lowest BCUT2D eigenvalue weighted by Crippen LogP contribution is -1.85. The van der Waals surface area contributed by atoms with E-state index in [1.54, 1.807) is 6.92 Å². The van der Waals surface area contributed by atoms with Gasteiger partial charge in [-0.15, -0.1) is 0 Å². The molecule has 0 unspecified atom stereocenters. The fraction of sp³-hybridized carbons (Fsp3) is 0.333. The first-order chi connectivity index (χ1) is 3.79. The first kappa shape index (κ1) is 8.01. The van der Waals surface area contributed by atoms with Crippen LogP contribution < -0.4 is 0 Å². The molecule has 0 saturated heterocycles. The van der Waals surface area contributed by atoms with Crippen LogP contribution in [0.25, 0.3) is 0 Å². The summed E-state index contributed by atoms with van der Waals surface area (Å²) in [6, 6.07) is 0. The van der Waals surface area contributed by atoms with Gasteiger partial charge in [0.15, 0.2) is 5.82 Å². The average Bonchev–Trinajstić information content (AvgIpc) is 1.77. The van der Waals surface area contributed by atoms with Crippen LogP contribution in [-0.4, -0.2) is 9.97 Å². The summed E-state index contributed by atoms with van der Waals surface area (Å²) in [6.45, 7) is 1.71. The van der Waals surface area contributed by atoms with Gasteiger partial charge >= 0.3 is 0 Å². The molecule has 9 heavy (non-hydrogen) atoms. The van der Waals surface area contributed by atoms with E-state index in [4.69, 9.17) is 0 Å². The lowest BCUT2D eigenvalue weighted by molar-refractivity contribution is 0.611. The third-order valence-electron chi connectivity index (χ3n) is 0.749. The van der Waals surface area contributed by atoms with Gasteiger partial charge in [0.25, 0.3) is 0 Å². The molecule has 0 spiro atoms. The van der Waals surface area contributed by atoms with E-state index < -0.39 is 5.82 Å². The van der Waals surface area contributed by atoms with Crippen molar-refractivity contribution in [2.45, 2.75) is 14.4 Å². The number of aromatic nitrogens is 2. The minimum Gasteiger partial charge on any atom is -0.239 e. The third-order valence-corrected chi connectivity index (χ3v) is 0.749. The lowest BCUT2D eigenvalue weighted by atomic mass is 10.6. The average molecular weight is 128 g/mol. The molecule has 1 heterocycles. The molecule has 0 N–H and O–H groups in total. The Hall–Kier alpha value is -0.990. The van der Waals surface area contributed by atoms with E-state index in [-0.39, 0.29) is 7.43 Å². The molecule has 50 valence electrons. The van der Waals surface area contributed by atoms with E-state index >= 15 is 0 Å².